The van der Waals surface area contributed by atoms with Crippen LogP contribution in [-0.4, -0.2) is 24.0 Å². The summed E-state index contributed by atoms with van der Waals surface area (Å²) >= 11 is 8.52. The first-order valence-electron chi connectivity index (χ1n) is 7.30. The minimum Gasteiger partial charge on any atom is -0.497 e. The first kappa shape index (κ1) is 17.3. The normalized spacial score (nSPS) is 16.2. The van der Waals surface area contributed by atoms with E-state index in [4.69, 9.17) is 17.0 Å². The molecule has 1 saturated heterocycles. The number of carbonyl (C=O) groups excluding carboxylic acids is 2. The van der Waals surface area contributed by atoms with E-state index in [0.717, 1.165) is 10.0 Å². The third-order valence-corrected chi connectivity index (χ3v) is 4.43. The van der Waals surface area contributed by atoms with E-state index in [-0.39, 0.29) is 10.7 Å². The van der Waals surface area contributed by atoms with E-state index < -0.39 is 11.8 Å². The summed E-state index contributed by atoms with van der Waals surface area (Å²) in [6.07, 6.45) is 1.54. The van der Waals surface area contributed by atoms with Gasteiger partial charge < -0.3 is 4.74 Å². The number of ether oxygens (including phenoxy) is 1. The van der Waals surface area contributed by atoms with Crippen LogP contribution in [0, 0.1) is 0 Å². The molecule has 3 rings (SSSR count). The Morgan fingerprint density at radius 1 is 1.08 bits per heavy atom. The molecular formula is C18H13BrN2O3S. The topological polar surface area (TPSA) is 58.6 Å². The van der Waals surface area contributed by atoms with E-state index in [9.17, 15) is 9.59 Å². The van der Waals surface area contributed by atoms with E-state index in [1.54, 1.807) is 37.5 Å². The maximum Gasteiger partial charge on any atom is 0.270 e. The molecule has 2 aromatic carbocycles. The average Bonchev–Trinajstić information content (AvgIpc) is 2.60. The molecule has 5 nitrogen and oxygen atoms in total. The summed E-state index contributed by atoms with van der Waals surface area (Å²) in [7, 11) is 1.56. The van der Waals surface area contributed by atoms with Crippen molar-refractivity contribution in [1.29, 1.82) is 0 Å². The van der Waals surface area contributed by atoms with Gasteiger partial charge in [0.1, 0.15) is 11.3 Å². The molecule has 0 spiro atoms. The highest BCUT2D eigenvalue weighted by molar-refractivity contribution is 9.10. The van der Waals surface area contributed by atoms with Crippen LogP contribution in [0.2, 0.25) is 0 Å². The fraction of sp³-hybridized carbons (Fsp3) is 0.0556. The highest BCUT2D eigenvalue weighted by Crippen LogP contribution is 2.24. The summed E-state index contributed by atoms with van der Waals surface area (Å²) in [5, 5.41) is 2.61. The van der Waals surface area contributed by atoms with Crippen molar-refractivity contribution in [3.8, 4) is 5.75 Å². The molecule has 126 valence electrons. The Labute approximate surface area is 158 Å². The molecule has 0 radical (unpaired) electrons. The average molecular weight is 417 g/mol. The summed E-state index contributed by atoms with van der Waals surface area (Å²) in [6.45, 7) is 0. The minimum atomic E-state index is -0.511. The minimum absolute atomic E-state index is 0.0201. The van der Waals surface area contributed by atoms with E-state index in [0.29, 0.717) is 11.4 Å². The number of nitrogens with one attached hydrogen (secondary N) is 1. The molecule has 0 atom stereocenters. The molecule has 7 heteroatoms. The first-order chi connectivity index (χ1) is 12.0. The number of amides is 2. The molecule has 1 aliphatic rings. The third-order valence-electron chi connectivity index (χ3n) is 3.61. The van der Waals surface area contributed by atoms with Gasteiger partial charge in [0.05, 0.1) is 12.8 Å². The second kappa shape index (κ2) is 7.16. The van der Waals surface area contributed by atoms with Crippen LogP contribution in [0.5, 0.6) is 5.75 Å². The number of rotatable bonds is 3. The number of halogens is 1. The number of hydrogen-bond acceptors (Lipinski definition) is 4. The van der Waals surface area contributed by atoms with Gasteiger partial charge in [0.25, 0.3) is 11.8 Å². The van der Waals surface area contributed by atoms with Crippen LogP contribution >= 0.6 is 28.1 Å². The molecule has 2 amide bonds. The van der Waals surface area contributed by atoms with Crippen molar-refractivity contribution in [2.45, 2.75) is 0 Å². The van der Waals surface area contributed by atoms with Gasteiger partial charge in [-0.15, -0.1) is 0 Å². The largest absolute Gasteiger partial charge is 0.497 e. The molecule has 0 saturated carbocycles. The molecule has 1 fully saturated rings. The summed E-state index contributed by atoms with van der Waals surface area (Å²) in [5.74, 6) is -0.321. The lowest BCUT2D eigenvalue weighted by molar-refractivity contribution is -0.122. The smallest absolute Gasteiger partial charge is 0.270 e. The van der Waals surface area contributed by atoms with E-state index in [1.807, 2.05) is 24.3 Å². The van der Waals surface area contributed by atoms with Gasteiger partial charge in [-0.05, 0) is 60.3 Å². The zero-order valence-electron chi connectivity index (χ0n) is 13.2. The van der Waals surface area contributed by atoms with Crippen LogP contribution in [0.1, 0.15) is 5.56 Å². The summed E-state index contributed by atoms with van der Waals surface area (Å²) in [5.41, 5.74) is 1.31. The Kier molecular flexibility index (Phi) is 4.96. The molecule has 0 bridgehead atoms. The van der Waals surface area contributed by atoms with Crippen molar-refractivity contribution >= 4 is 56.8 Å². The van der Waals surface area contributed by atoms with Crippen LogP contribution < -0.4 is 15.0 Å². The molecular weight excluding hydrogens is 404 g/mol. The molecule has 1 aliphatic heterocycles. The van der Waals surface area contributed by atoms with Crippen LogP contribution in [0.25, 0.3) is 6.08 Å². The highest BCUT2D eigenvalue weighted by Gasteiger charge is 2.34. The zero-order chi connectivity index (χ0) is 18.0. The Balaban J connectivity index is 1.97. The number of carbonyl (C=O) groups is 2. The maximum absolute atomic E-state index is 12.8. The maximum atomic E-state index is 12.8. The predicted molar refractivity (Wildman–Crippen MR) is 103 cm³/mol. The Morgan fingerprint density at radius 3 is 2.32 bits per heavy atom. The number of nitrogens with zero attached hydrogens (tertiary/aromatic N) is 1. The molecule has 1 N–H and O–H groups in total. The van der Waals surface area contributed by atoms with Crippen molar-refractivity contribution in [2.24, 2.45) is 0 Å². The monoisotopic (exact) mass is 416 g/mol. The summed E-state index contributed by atoms with van der Waals surface area (Å²) < 4.78 is 6.03. The standard InChI is InChI=1S/C18H13BrN2O3S/c1-24-14-8-6-13(7-9-14)21-17(23)15(16(22)20-18(21)25)10-11-2-4-12(19)5-3-11/h2-10H,1H3,(H,20,22,25). The van der Waals surface area contributed by atoms with Gasteiger partial charge in [0.15, 0.2) is 5.11 Å². The van der Waals surface area contributed by atoms with Gasteiger partial charge in [0.2, 0.25) is 0 Å². The van der Waals surface area contributed by atoms with Gasteiger partial charge in [-0.2, -0.15) is 0 Å². The van der Waals surface area contributed by atoms with Crippen LogP contribution in [0.15, 0.2) is 58.6 Å². The number of methoxy groups -OCH3 is 1. The lowest BCUT2D eigenvalue weighted by atomic mass is 10.1. The van der Waals surface area contributed by atoms with E-state index in [1.165, 1.54) is 4.90 Å². The highest BCUT2D eigenvalue weighted by atomic mass is 79.9. The molecule has 25 heavy (non-hydrogen) atoms. The number of anilines is 1. The fourth-order valence-corrected chi connectivity index (χ4v) is 2.89. The Hall–Kier alpha value is -2.51. The van der Waals surface area contributed by atoms with Crippen LogP contribution in [0.4, 0.5) is 5.69 Å². The molecule has 0 aromatic heterocycles. The second-order valence-electron chi connectivity index (χ2n) is 5.21. The number of thiocarbonyl (C=S) groups is 1. The summed E-state index contributed by atoms with van der Waals surface area (Å²) in [6, 6.07) is 14.1. The molecule has 0 unspecified atom stereocenters. The quantitative estimate of drug-likeness (QED) is 0.473. The van der Waals surface area contributed by atoms with Crippen LogP contribution in [-0.2, 0) is 9.59 Å². The second-order valence-corrected chi connectivity index (χ2v) is 6.51. The lowest BCUT2D eigenvalue weighted by Crippen LogP contribution is -2.54. The zero-order valence-corrected chi connectivity index (χ0v) is 15.6. The van der Waals surface area contributed by atoms with E-state index in [2.05, 4.69) is 21.2 Å². The Bertz CT molecular complexity index is 876. The van der Waals surface area contributed by atoms with Gasteiger partial charge >= 0.3 is 0 Å². The molecule has 2 aromatic rings. The lowest BCUT2D eigenvalue weighted by Gasteiger charge is -2.29. The summed E-state index contributed by atoms with van der Waals surface area (Å²) in [4.78, 5) is 26.4. The van der Waals surface area contributed by atoms with Crippen molar-refractivity contribution in [3.05, 3.63) is 64.1 Å². The van der Waals surface area contributed by atoms with Gasteiger partial charge in [-0.1, -0.05) is 28.1 Å². The fourth-order valence-electron chi connectivity index (χ4n) is 2.35. The van der Waals surface area contributed by atoms with Gasteiger partial charge in [-0.25, -0.2) is 0 Å². The van der Waals surface area contributed by atoms with E-state index >= 15 is 0 Å². The third kappa shape index (κ3) is 3.62. The van der Waals surface area contributed by atoms with Gasteiger partial charge in [-0.3, -0.25) is 19.8 Å². The molecule has 1 heterocycles. The van der Waals surface area contributed by atoms with Crippen LogP contribution in [0.3, 0.4) is 0 Å². The number of benzene rings is 2. The van der Waals surface area contributed by atoms with Crippen molar-refractivity contribution in [3.63, 3.8) is 0 Å². The van der Waals surface area contributed by atoms with Crippen molar-refractivity contribution in [2.75, 3.05) is 12.0 Å². The first-order valence-corrected chi connectivity index (χ1v) is 8.51. The van der Waals surface area contributed by atoms with Gasteiger partial charge in [0, 0.05) is 4.47 Å². The molecule has 0 aliphatic carbocycles. The SMILES string of the molecule is COc1ccc(N2C(=O)C(=Cc3ccc(Br)cc3)C(=O)NC2=S)cc1. The number of hydrogen-bond donors (Lipinski definition) is 1. The van der Waals surface area contributed by atoms with Crippen molar-refractivity contribution < 1.29 is 14.3 Å². The predicted octanol–water partition coefficient (Wildman–Crippen LogP) is 3.29. The Morgan fingerprint density at radius 2 is 1.72 bits per heavy atom. The van der Waals surface area contributed by atoms with Crippen molar-refractivity contribution in [1.82, 2.24) is 5.32 Å².